The molecule has 1 N–H and O–H groups in total. The number of aryl methyl sites for hydroxylation is 3. The van der Waals surface area contributed by atoms with E-state index in [0.717, 1.165) is 13.0 Å². The fourth-order valence-corrected chi connectivity index (χ4v) is 2.67. The van der Waals surface area contributed by atoms with Crippen molar-refractivity contribution in [2.45, 2.75) is 46.7 Å². The number of nitrogens with one attached hydrogen (secondary N) is 1. The lowest BCUT2D eigenvalue weighted by atomic mass is 9.99. The fourth-order valence-electron chi connectivity index (χ4n) is 2.67. The molecule has 106 valence electrons. The van der Waals surface area contributed by atoms with Crippen LogP contribution in [-0.2, 0) is 13.0 Å². The minimum Gasteiger partial charge on any atom is -0.306 e. The van der Waals surface area contributed by atoms with Gasteiger partial charge in [-0.1, -0.05) is 55.0 Å². The zero-order valence-corrected chi connectivity index (χ0v) is 13.0. The molecule has 0 saturated heterocycles. The second kappa shape index (κ2) is 6.71. The van der Waals surface area contributed by atoms with Crippen LogP contribution >= 0.6 is 0 Å². The van der Waals surface area contributed by atoms with Gasteiger partial charge in [0, 0.05) is 12.6 Å². The van der Waals surface area contributed by atoms with Gasteiger partial charge in [0.25, 0.3) is 0 Å². The molecule has 1 heteroatoms. The first-order valence-electron chi connectivity index (χ1n) is 7.49. The molecule has 2 aromatic carbocycles. The third kappa shape index (κ3) is 3.49. The number of hydrogen-bond donors (Lipinski definition) is 1. The molecule has 20 heavy (non-hydrogen) atoms. The molecule has 1 nitrogen and oxygen atoms in total. The predicted octanol–water partition coefficient (Wildman–Crippen LogP) is 4.72. The molecule has 0 spiro atoms. The highest BCUT2D eigenvalue weighted by atomic mass is 14.9. The SMILES string of the molecule is CCc1ccccc1CNC(C)c1cc(C)ccc1C. The molecule has 1 unspecified atom stereocenters. The minimum absolute atomic E-state index is 0.375. The molecular formula is C19H25N. The molecule has 0 amide bonds. The largest absolute Gasteiger partial charge is 0.306 e. The summed E-state index contributed by atoms with van der Waals surface area (Å²) in [7, 11) is 0. The summed E-state index contributed by atoms with van der Waals surface area (Å²) < 4.78 is 0. The van der Waals surface area contributed by atoms with Crippen LogP contribution in [0.15, 0.2) is 42.5 Å². The maximum atomic E-state index is 3.66. The zero-order valence-electron chi connectivity index (χ0n) is 13.0. The van der Waals surface area contributed by atoms with Crippen molar-refractivity contribution in [2.24, 2.45) is 0 Å². The Morgan fingerprint density at radius 3 is 2.40 bits per heavy atom. The molecule has 0 aliphatic rings. The molecule has 0 heterocycles. The van der Waals surface area contributed by atoms with Crippen LogP contribution in [0.3, 0.4) is 0 Å². The van der Waals surface area contributed by atoms with Crippen molar-refractivity contribution in [1.82, 2.24) is 5.32 Å². The molecule has 0 bridgehead atoms. The van der Waals surface area contributed by atoms with Gasteiger partial charge in [-0.2, -0.15) is 0 Å². The van der Waals surface area contributed by atoms with Crippen molar-refractivity contribution < 1.29 is 0 Å². The summed E-state index contributed by atoms with van der Waals surface area (Å²) in [4.78, 5) is 0. The molecule has 2 aromatic rings. The van der Waals surface area contributed by atoms with E-state index in [9.17, 15) is 0 Å². The lowest BCUT2D eigenvalue weighted by molar-refractivity contribution is 0.570. The van der Waals surface area contributed by atoms with Gasteiger partial charge in [0.15, 0.2) is 0 Å². The van der Waals surface area contributed by atoms with Gasteiger partial charge in [0.05, 0.1) is 0 Å². The minimum atomic E-state index is 0.375. The second-order valence-corrected chi connectivity index (χ2v) is 5.58. The predicted molar refractivity (Wildman–Crippen MR) is 87.0 cm³/mol. The lowest BCUT2D eigenvalue weighted by Crippen LogP contribution is -2.19. The highest BCUT2D eigenvalue weighted by Gasteiger charge is 2.09. The fraction of sp³-hybridized carbons (Fsp3) is 0.368. The van der Waals surface area contributed by atoms with Gasteiger partial charge in [-0.15, -0.1) is 0 Å². The topological polar surface area (TPSA) is 12.0 Å². The van der Waals surface area contributed by atoms with Crippen molar-refractivity contribution in [1.29, 1.82) is 0 Å². The molecule has 0 radical (unpaired) electrons. The number of benzene rings is 2. The smallest absolute Gasteiger partial charge is 0.0297 e. The highest BCUT2D eigenvalue weighted by molar-refractivity contribution is 5.33. The third-order valence-electron chi connectivity index (χ3n) is 4.00. The highest BCUT2D eigenvalue weighted by Crippen LogP contribution is 2.20. The maximum absolute atomic E-state index is 3.66. The summed E-state index contributed by atoms with van der Waals surface area (Å²) in [5, 5.41) is 3.66. The van der Waals surface area contributed by atoms with Gasteiger partial charge in [-0.05, 0) is 49.4 Å². The van der Waals surface area contributed by atoms with E-state index in [1.54, 1.807) is 0 Å². The summed E-state index contributed by atoms with van der Waals surface area (Å²) in [6.07, 6.45) is 1.09. The van der Waals surface area contributed by atoms with Gasteiger partial charge in [-0.3, -0.25) is 0 Å². The summed E-state index contributed by atoms with van der Waals surface area (Å²) in [5.74, 6) is 0. The summed E-state index contributed by atoms with van der Waals surface area (Å²) in [6.45, 7) is 9.73. The average Bonchev–Trinajstić information content (AvgIpc) is 2.47. The van der Waals surface area contributed by atoms with E-state index in [1.165, 1.54) is 27.8 Å². The molecular weight excluding hydrogens is 242 g/mol. The van der Waals surface area contributed by atoms with Crippen LogP contribution in [0.25, 0.3) is 0 Å². The quantitative estimate of drug-likeness (QED) is 0.826. The Morgan fingerprint density at radius 1 is 1.00 bits per heavy atom. The van der Waals surface area contributed by atoms with Crippen LogP contribution in [0.5, 0.6) is 0 Å². The standard InChI is InChI=1S/C19H25N/c1-5-17-8-6-7-9-18(17)13-20-16(4)19-12-14(2)10-11-15(19)3/h6-12,16,20H,5,13H2,1-4H3. The van der Waals surface area contributed by atoms with E-state index in [4.69, 9.17) is 0 Å². The molecule has 0 saturated carbocycles. The molecule has 2 rings (SSSR count). The average molecular weight is 267 g/mol. The maximum Gasteiger partial charge on any atom is 0.0297 e. The van der Waals surface area contributed by atoms with Crippen LogP contribution in [0.4, 0.5) is 0 Å². The van der Waals surface area contributed by atoms with Crippen LogP contribution in [0, 0.1) is 13.8 Å². The number of rotatable bonds is 5. The Bertz CT molecular complexity index is 572. The lowest BCUT2D eigenvalue weighted by Gasteiger charge is -2.18. The van der Waals surface area contributed by atoms with Crippen molar-refractivity contribution in [3.63, 3.8) is 0 Å². The molecule has 0 fully saturated rings. The number of hydrogen-bond acceptors (Lipinski definition) is 1. The van der Waals surface area contributed by atoms with Crippen LogP contribution in [0.2, 0.25) is 0 Å². The monoisotopic (exact) mass is 267 g/mol. The van der Waals surface area contributed by atoms with Crippen molar-refractivity contribution >= 4 is 0 Å². The van der Waals surface area contributed by atoms with Gasteiger partial charge >= 0.3 is 0 Å². The zero-order chi connectivity index (χ0) is 14.5. The van der Waals surface area contributed by atoms with Gasteiger partial charge in [0.1, 0.15) is 0 Å². The Labute approximate surface area is 123 Å². The van der Waals surface area contributed by atoms with E-state index in [-0.39, 0.29) is 0 Å². The normalized spacial score (nSPS) is 12.4. The van der Waals surface area contributed by atoms with E-state index >= 15 is 0 Å². The van der Waals surface area contributed by atoms with Crippen LogP contribution in [0.1, 0.15) is 47.7 Å². The Morgan fingerprint density at radius 2 is 1.70 bits per heavy atom. The summed E-state index contributed by atoms with van der Waals surface area (Å²) in [6, 6.07) is 15.7. The van der Waals surface area contributed by atoms with E-state index in [2.05, 4.69) is 75.5 Å². The van der Waals surface area contributed by atoms with Crippen molar-refractivity contribution in [3.05, 3.63) is 70.3 Å². The molecule has 0 aliphatic heterocycles. The van der Waals surface area contributed by atoms with E-state index in [1.807, 2.05) is 0 Å². The van der Waals surface area contributed by atoms with Gasteiger partial charge < -0.3 is 5.32 Å². The first-order valence-corrected chi connectivity index (χ1v) is 7.49. The third-order valence-corrected chi connectivity index (χ3v) is 4.00. The van der Waals surface area contributed by atoms with Crippen molar-refractivity contribution in [2.75, 3.05) is 0 Å². The van der Waals surface area contributed by atoms with Gasteiger partial charge in [-0.25, -0.2) is 0 Å². The molecule has 0 aromatic heterocycles. The molecule has 0 aliphatic carbocycles. The summed E-state index contributed by atoms with van der Waals surface area (Å²) in [5.41, 5.74) is 6.94. The van der Waals surface area contributed by atoms with E-state index < -0.39 is 0 Å². The summed E-state index contributed by atoms with van der Waals surface area (Å²) >= 11 is 0. The van der Waals surface area contributed by atoms with Gasteiger partial charge in [0.2, 0.25) is 0 Å². The molecule has 1 atom stereocenters. The first kappa shape index (κ1) is 14.8. The Balaban J connectivity index is 2.08. The van der Waals surface area contributed by atoms with E-state index in [0.29, 0.717) is 6.04 Å². The second-order valence-electron chi connectivity index (χ2n) is 5.58. The Kier molecular flexibility index (Phi) is 4.97. The first-order chi connectivity index (χ1) is 9.61. The van der Waals surface area contributed by atoms with Crippen LogP contribution < -0.4 is 5.32 Å². The van der Waals surface area contributed by atoms with Crippen molar-refractivity contribution in [3.8, 4) is 0 Å². The Hall–Kier alpha value is -1.60. The van der Waals surface area contributed by atoms with Crippen LogP contribution in [-0.4, -0.2) is 0 Å².